The molecule has 0 spiro atoms. The van der Waals surface area contributed by atoms with Crippen LogP contribution in [-0.2, 0) is 0 Å². The monoisotopic (exact) mass is 226 g/mol. The Morgan fingerprint density at radius 3 is 1.69 bits per heavy atom. The first-order valence-corrected chi connectivity index (χ1v) is 6.69. The summed E-state index contributed by atoms with van der Waals surface area (Å²) in [7, 11) is 1.92. The molecule has 0 aromatic rings. The smallest absolute Gasteiger partial charge is 0.104 e. The lowest BCUT2D eigenvalue weighted by atomic mass is 9.93. The van der Waals surface area contributed by atoms with Crippen LogP contribution in [0.1, 0.15) is 60.3 Å². The lowest BCUT2D eigenvalue weighted by molar-refractivity contribution is 0.355. The normalized spacial score (nSPS) is 13.0. The Morgan fingerprint density at radius 2 is 1.44 bits per heavy atom. The number of hydrogen-bond acceptors (Lipinski definition) is 1. The number of amidine groups is 1. The molecule has 0 unspecified atom stereocenters. The van der Waals surface area contributed by atoms with Crippen LogP contribution in [-0.4, -0.2) is 30.9 Å². The van der Waals surface area contributed by atoms with Crippen molar-refractivity contribution in [2.24, 2.45) is 10.4 Å². The summed E-state index contributed by atoms with van der Waals surface area (Å²) in [5.41, 5.74) is 0.163. The summed E-state index contributed by atoms with van der Waals surface area (Å²) >= 11 is 0. The lowest BCUT2D eigenvalue weighted by Crippen LogP contribution is -2.40. The van der Waals surface area contributed by atoms with Gasteiger partial charge in [-0.05, 0) is 12.8 Å². The number of unbranched alkanes of at least 4 members (excludes halogenated alkanes) is 2. The zero-order valence-electron chi connectivity index (χ0n) is 12.1. The molecule has 0 amide bonds. The Morgan fingerprint density at radius 1 is 1.00 bits per heavy atom. The van der Waals surface area contributed by atoms with Crippen LogP contribution in [0, 0.1) is 5.41 Å². The van der Waals surface area contributed by atoms with E-state index in [9.17, 15) is 0 Å². The van der Waals surface area contributed by atoms with Crippen molar-refractivity contribution in [1.29, 1.82) is 0 Å². The number of rotatable bonds is 6. The molecule has 0 aromatic heterocycles. The maximum atomic E-state index is 4.51. The molecule has 0 radical (unpaired) electrons. The fraction of sp³-hybridized carbons (Fsp3) is 0.929. The highest BCUT2D eigenvalue weighted by Crippen LogP contribution is 2.20. The van der Waals surface area contributed by atoms with Gasteiger partial charge in [0.25, 0.3) is 0 Å². The third-order valence-corrected chi connectivity index (χ3v) is 2.75. The predicted octanol–water partition coefficient (Wildman–Crippen LogP) is 3.96. The summed E-state index contributed by atoms with van der Waals surface area (Å²) in [4.78, 5) is 6.99. The molecule has 0 aliphatic heterocycles. The largest absolute Gasteiger partial charge is 0.360 e. The van der Waals surface area contributed by atoms with E-state index in [1.54, 1.807) is 0 Å². The zero-order valence-corrected chi connectivity index (χ0v) is 12.1. The van der Waals surface area contributed by atoms with Gasteiger partial charge >= 0.3 is 0 Å². The summed E-state index contributed by atoms with van der Waals surface area (Å²) < 4.78 is 0. The van der Waals surface area contributed by atoms with Gasteiger partial charge < -0.3 is 4.90 Å². The van der Waals surface area contributed by atoms with Crippen LogP contribution in [0.25, 0.3) is 0 Å². The van der Waals surface area contributed by atoms with Crippen molar-refractivity contribution < 1.29 is 0 Å². The maximum Gasteiger partial charge on any atom is 0.104 e. The minimum atomic E-state index is 0.163. The van der Waals surface area contributed by atoms with Gasteiger partial charge in [-0.2, -0.15) is 0 Å². The van der Waals surface area contributed by atoms with Crippen molar-refractivity contribution in [3.63, 3.8) is 0 Å². The Hall–Kier alpha value is -0.530. The number of aliphatic imine (C=N–C) groups is 1. The minimum Gasteiger partial charge on any atom is -0.360 e. The molecular weight excluding hydrogens is 196 g/mol. The van der Waals surface area contributed by atoms with E-state index < -0.39 is 0 Å². The van der Waals surface area contributed by atoms with E-state index in [2.05, 4.69) is 44.5 Å². The third kappa shape index (κ3) is 5.53. The molecule has 0 rings (SSSR count). The highest BCUT2D eigenvalue weighted by molar-refractivity contribution is 5.87. The molecule has 0 aromatic carbocycles. The SMILES string of the molecule is CCCCN(CCCC)C(=NC)C(C)(C)C. The van der Waals surface area contributed by atoms with E-state index in [4.69, 9.17) is 0 Å². The molecule has 0 aliphatic carbocycles. The predicted molar refractivity (Wildman–Crippen MR) is 74.2 cm³/mol. The average Bonchev–Trinajstić information content (AvgIpc) is 2.20. The van der Waals surface area contributed by atoms with Gasteiger partial charge in [0.1, 0.15) is 5.84 Å². The van der Waals surface area contributed by atoms with Crippen LogP contribution in [0.4, 0.5) is 0 Å². The molecule has 2 nitrogen and oxygen atoms in total. The van der Waals surface area contributed by atoms with E-state index in [1.165, 1.54) is 31.5 Å². The highest BCUT2D eigenvalue weighted by Gasteiger charge is 2.23. The van der Waals surface area contributed by atoms with Crippen molar-refractivity contribution >= 4 is 5.84 Å². The maximum absolute atomic E-state index is 4.51. The summed E-state index contributed by atoms with van der Waals surface area (Å²) in [6.45, 7) is 13.6. The highest BCUT2D eigenvalue weighted by atomic mass is 15.2. The van der Waals surface area contributed by atoms with Crippen LogP contribution in [0.5, 0.6) is 0 Å². The van der Waals surface area contributed by atoms with Crippen molar-refractivity contribution in [3.8, 4) is 0 Å². The first-order chi connectivity index (χ1) is 7.47. The fourth-order valence-corrected chi connectivity index (χ4v) is 1.97. The van der Waals surface area contributed by atoms with E-state index in [0.29, 0.717) is 0 Å². The second-order valence-electron chi connectivity index (χ2n) is 5.49. The average molecular weight is 226 g/mol. The molecule has 0 aliphatic rings. The zero-order chi connectivity index (χ0) is 12.6. The molecule has 0 heterocycles. The first-order valence-electron chi connectivity index (χ1n) is 6.69. The van der Waals surface area contributed by atoms with Gasteiger partial charge in [-0.15, -0.1) is 0 Å². The fourth-order valence-electron chi connectivity index (χ4n) is 1.97. The summed E-state index contributed by atoms with van der Waals surface area (Å²) in [6.07, 6.45) is 5.03. The molecule has 0 atom stereocenters. The topological polar surface area (TPSA) is 15.6 Å². The van der Waals surface area contributed by atoms with Gasteiger partial charge in [0.2, 0.25) is 0 Å². The molecule has 16 heavy (non-hydrogen) atoms. The van der Waals surface area contributed by atoms with Crippen molar-refractivity contribution in [3.05, 3.63) is 0 Å². The van der Waals surface area contributed by atoms with Crippen molar-refractivity contribution in [1.82, 2.24) is 4.90 Å². The Bertz CT molecular complexity index is 193. The van der Waals surface area contributed by atoms with E-state index in [1.807, 2.05) is 7.05 Å². The lowest BCUT2D eigenvalue weighted by Gasteiger charge is -2.33. The van der Waals surface area contributed by atoms with Crippen molar-refractivity contribution in [2.45, 2.75) is 60.3 Å². The second kappa shape index (κ2) is 7.70. The van der Waals surface area contributed by atoms with Gasteiger partial charge in [-0.25, -0.2) is 0 Å². The quantitative estimate of drug-likeness (QED) is 0.494. The van der Waals surface area contributed by atoms with E-state index in [0.717, 1.165) is 13.1 Å². The van der Waals surface area contributed by atoms with Crippen LogP contribution < -0.4 is 0 Å². The molecule has 0 saturated heterocycles. The molecule has 0 saturated carbocycles. The van der Waals surface area contributed by atoms with Crippen LogP contribution in [0.3, 0.4) is 0 Å². The van der Waals surface area contributed by atoms with Gasteiger partial charge in [-0.3, -0.25) is 4.99 Å². The number of nitrogens with zero attached hydrogens (tertiary/aromatic N) is 2. The summed E-state index contributed by atoms with van der Waals surface area (Å²) in [5.74, 6) is 1.26. The summed E-state index contributed by atoms with van der Waals surface area (Å²) in [6, 6.07) is 0. The molecule has 0 N–H and O–H groups in total. The van der Waals surface area contributed by atoms with E-state index in [-0.39, 0.29) is 5.41 Å². The van der Waals surface area contributed by atoms with Crippen LogP contribution >= 0.6 is 0 Å². The Kier molecular flexibility index (Phi) is 7.44. The third-order valence-electron chi connectivity index (χ3n) is 2.75. The van der Waals surface area contributed by atoms with Gasteiger partial charge in [0, 0.05) is 25.6 Å². The number of hydrogen-bond donors (Lipinski definition) is 0. The second-order valence-corrected chi connectivity index (χ2v) is 5.49. The van der Waals surface area contributed by atoms with Crippen molar-refractivity contribution in [2.75, 3.05) is 20.1 Å². The Labute approximate surface area is 102 Å². The molecule has 96 valence electrons. The standard InChI is InChI=1S/C14H30N2/c1-7-9-11-16(12-10-8-2)13(15-6)14(3,4)5/h7-12H2,1-6H3. The van der Waals surface area contributed by atoms with E-state index >= 15 is 0 Å². The minimum absolute atomic E-state index is 0.163. The molecule has 0 bridgehead atoms. The Balaban J connectivity index is 4.57. The van der Waals surface area contributed by atoms with Crippen LogP contribution in [0.2, 0.25) is 0 Å². The van der Waals surface area contributed by atoms with Gasteiger partial charge in [0.15, 0.2) is 0 Å². The summed E-state index contributed by atoms with van der Waals surface area (Å²) in [5, 5.41) is 0. The molecule has 2 heteroatoms. The van der Waals surface area contributed by atoms with Gasteiger partial charge in [0.05, 0.1) is 0 Å². The molecule has 0 fully saturated rings. The van der Waals surface area contributed by atoms with Gasteiger partial charge in [-0.1, -0.05) is 47.5 Å². The first kappa shape index (κ1) is 15.5. The molecular formula is C14H30N2. The van der Waals surface area contributed by atoms with Crippen LogP contribution in [0.15, 0.2) is 4.99 Å².